The first-order chi connectivity index (χ1) is 6.52. The molecule has 0 aliphatic heterocycles. The van der Waals surface area contributed by atoms with Crippen LogP contribution in [0.5, 0.6) is 0 Å². The van der Waals surface area contributed by atoms with Gasteiger partial charge in [0.2, 0.25) is 0 Å². The summed E-state index contributed by atoms with van der Waals surface area (Å²) in [5.41, 5.74) is 0. The van der Waals surface area contributed by atoms with Crippen LogP contribution in [0.25, 0.3) is 0 Å². The van der Waals surface area contributed by atoms with Gasteiger partial charge in [0.05, 0.1) is 6.61 Å². The number of amides is 1. The van der Waals surface area contributed by atoms with Gasteiger partial charge in [-0.05, 0) is 14.0 Å². The van der Waals surface area contributed by atoms with Crippen LogP contribution in [-0.2, 0) is 14.9 Å². The Morgan fingerprint density at radius 3 is 2.50 bits per heavy atom. The summed E-state index contributed by atoms with van der Waals surface area (Å²) < 4.78 is 30.3. The van der Waals surface area contributed by atoms with Gasteiger partial charge < -0.3 is 10.1 Å². The minimum Gasteiger partial charge on any atom is -0.449 e. The van der Waals surface area contributed by atoms with Gasteiger partial charge in [0.15, 0.2) is 0 Å². The van der Waals surface area contributed by atoms with Gasteiger partial charge in [-0.1, -0.05) is 0 Å². The zero-order valence-corrected chi connectivity index (χ0v) is 8.98. The van der Waals surface area contributed by atoms with Crippen molar-refractivity contribution >= 4 is 16.3 Å². The molecule has 0 rings (SSSR count). The number of carbonyl (C=O) groups is 1. The van der Waals surface area contributed by atoms with Gasteiger partial charge >= 0.3 is 16.3 Å². The van der Waals surface area contributed by atoms with E-state index in [1.54, 1.807) is 18.7 Å². The summed E-state index contributed by atoms with van der Waals surface area (Å²) in [6.07, 6.45) is -0.982. The normalized spacial score (nSPS) is 11.0. The third-order valence-corrected chi connectivity index (χ3v) is 2.18. The largest absolute Gasteiger partial charge is 0.449 e. The summed E-state index contributed by atoms with van der Waals surface area (Å²) in [5, 5.41) is 2.75. The van der Waals surface area contributed by atoms with Crippen LogP contribution in [0.4, 0.5) is 4.79 Å². The van der Waals surface area contributed by atoms with E-state index in [1.165, 1.54) is 0 Å². The molecule has 7 nitrogen and oxygen atoms in total. The van der Waals surface area contributed by atoms with E-state index in [0.29, 0.717) is 6.54 Å². The highest BCUT2D eigenvalue weighted by Gasteiger charge is 2.13. The minimum atomic E-state index is -3.79. The minimum absolute atomic E-state index is 0.123. The van der Waals surface area contributed by atoms with Crippen LogP contribution in [0.2, 0.25) is 0 Å². The summed E-state index contributed by atoms with van der Waals surface area (Å²) in [6, 6.07) is 0. The average Bonchev–Trinajstić information content (AvgIpc) is 2.03. The predicted octanol–water partition coefficient (Wildman–Crippen LogP) is -1.21. The molecule has 0 aliphatic rings. The lowest BCUT2D eigenvalue weighted by atomic mass is 10.7. The molecule has 1 amide bonds. The van der Waals surface area contributed by atoms with Crippen molar-refractivity contribution in [1.82, 2.24) is 14.8 Å². The topological polar surface area (TPSA) is 96.5 Å². The summed E-state index contributed by atoms with van der Waals surface area (Å²) in [5.74, 6) is 0. The van der Waals surface area contributed by atoms with E-state index >= 15 is 0 Å². The zero-order chi connectivity index (χ0) is 11.0. The summed E-state index contributed by atoms with van der Waals surface area (Å²) in [4.78, 5) is 10.7. The first-order valence-corrected chi connectivity index (χ1v) is 5.59. The maximum atomic E-state index is 11.0. The number of rotatable bonds is 6. The van der Waals surface area contributed by atoms with Crippen LogP contribution in [-0.4, -0.2) is 41.3 Å². The van der Waals surface area contributed by atoms with E-state index in [-0.39, 0.29) is 13.2 Å². The second-order valence-corrected chi connectivity index (χ2v) is 3.82. The molecule has 0 saturated carbocycles. The average molecular weight is 225 g/mol. The van der Waals surface area contributed by atoms with E-state index in [4.69, 9.17) is 0 Å². The summed E-state index contributed by atoms with van der Waals surface area (Å²) in [6.45, 7) is 2.38. The third-order valence-electron chi connectivity index (χ3n) is 1.16. The summed E-state index contributed by atoms with van der Waals surface area (Å²) in [7, 11) is -2.10. The van der Waals surface area contributed by atoms with Crippen molar-refractivity contribution in [3.8, 4) is 0 Å². The van der Waals surface area contributed by atoms with Crippen LogP contribution in [0.3, 0.4) is 0 Å². The highest BCUT2D eigenvalue weighted by molar-refractivity contribution is 7.88. The molecule has 0 unspecified atom stereocenters. The fraction of sp³-hybridized carbons (Fsp3) is 0.833. The fourth-order valence-electron chi connectivity index (χ4n) is 0.617. The van der Waals surface area contributed by atoms with E-state index in [1.807, 2.05) is 0 Å². The second-order valence-electron chi connectivity index (χ2n) is 2.32. The lowest BCUT2D eigenvalue weighted by Gasteiger charge is -2.07. The number of nitrogens with one attached hydrogen (secondary N) is 3. The molecule has 84 valence electrons. The van der Waals surface area contributed by atoms with Crippen LogP contribution >= 0.6 is 0 Å². The van der Waals surface area contributed by atoms with Crippen LogP contribution in [0.1, 0.15) is 6.92 Å². The molecule has 0 aromatic rings. The number of ether oxygens (including phenoxy) is 1. The van der Waals surface area contributed by atoms with Crippen molar-refractivity contribution in [3.63, 3.8) is 0 Å². The number of likely N-dealkylation sites (N-methyl/N-ethyl adjacent to an activating group) is 1. The number of hydrogen-bond donors (Lipinski definition) is 3. The maximum Gasteiger partial charge on any atom is 0.421 e. The molecule has 0 aromatic carbocycles. The molecular weight excluding hydrogens is 210 g/mol. The highest BCUT2D eigenvalue weighted by atomic mass is 32.2. The van der Waals surface area contributed by atoms with Gasteiger partial charge in [-0.3, -0.25) is 0 Å². The molecule has 0 spiro atoms. The smallest absolute Gasteiger partial charge is 0.421 e. The lowest BCUT2D eigenvalue weighted by Crippen LogP contribution is -2.42. The first kappa shape index (κ1) is 13.1. The van der Waals surface area contributed by atoms with Crippen molar-refractivity contribution in [3.05, 3.63) is 0 Å². The van der Waals surface area contributed by atoms with Crippen molar-refractivity contribution in [2.45, 2.75) is 6.92 Å². The van der Waals surface area contributed by atoms with E-state index < -0.39 is 16.3 Å². The standard InChI is InChI=1S/C6H15N3O4S/c1-3-13-6(10)9-14(11,12)8-5-4-7-2/h7-8H,3-5H2,1-2H3,(H,9,10). The first-order valence-electron chi connectivity index (χ1n) is 4.10. The Labute approximate surface area is 83.4 Å². The molecule has 0 atom stereocenters. The van der Waals surface area contributed by atoms with Gasteiger partial charge in [0, 0.05) is 13.1 Å². The molecule has 0 radical (unpaired) electrons. The van der Waals surface area contributed by atoms with Gasteiger partial charge in [-0.2, -0.15) is 13.1 Å². The molecule has 0 saturated heterocycles. The Bertz CT molecular complexity index is 264. The van der Waals surface area contributed by atoms with Crippen LogP contribution in [0.15, 0.2) is 0 Å². The van der Waals surface area contributed by atoms with Crippen molar-refractivity contribution in [1.29, 1.82) is 0 Å². The Kier molecular flexibility index (Phi) is 6.17. The lowest BCUT2D eigenvalue weighted by molar-refractivity contribution is 0.158. The van der Waals surface area contributed by atoms with Crippen molar-refractivity contribution < 1.29 is 17.9 Å². The van der Waals surface area contributed by atoms with Gasteiger partial charge in [-0.25, -0.2) is 9.52 Å². The predicted molar refractivity (Wildman–Crippen MR) is 51.0 cm³/mol. The Hall–Kier alpha value is -0.860. The van der Waals surface area contributed by atoms with Crippen molar-refractivity contribution in [2.24, 2.45) is 0 Å². The van der Waals surface area contributed by atoms with E-state index in [2.05, 4.69) is 14.8 Å². The van der Waals surface area contributed by atoms with Gasteiger partial charge in [-0.15, -0.1) is 0 Å². The maximum absolute atomic E-state index is 11.0. The quantitative estimate of drug-likeness (QED) is 0.493. The molecule has 14 heavy (non-hydrogen) atoms. The van der Waals surface area contributed by atoms with Crippen LogP contribution in [0, 0.1) is 0 Å². The summed E-state index contributed by atoms with van der Waals surface area (Å²) >= 11 is 0. The Morgan fingerprint density at radius 2 is 2.00 bits per heavy atom. The number of carbonyl (C=O) groups excluding carboxylic acids is 1. The Balaban J connectivity index is 3.89. The van der Waals surface area contributed by atoms with Gasteiger partial charge in [0.1, 0.15) is 0 Å². The molecule has 0 aromatic heterocycles. The van der Waals surface area contributed by atoms with Gasteiger partial charge in [0.25, 0.3) is 0 Å². The van der Waals surface area contributed by atoms with Crippen LogP contribution < -0.4 is 14.8 Å². The monoisotopic (exact) mass is 225 g/mol. The molecular formula is C6H15N3O4S. The highest BCUT2D eigenvalue weighted by Crippen LogP contribution is 1.81. The third kappa shape index (κ3) is 6.63. The molecule has 3 N–H and O–H groups in total. The molecule has 0 bridgehead atoms. The molecule has 0 fully saturated rings. The zero-order valence-electron chi connectivity index (χ0n) is 8.16. The van der Waals surface area contributed by atoms with Crippen molar-refractivity contribution in [2.75, 3.05) is 26.7 Å². The molecule has 0 aliphatic carbocycles. The Morgan fingerprint density at radius 1 is 1.36 bits per heavy atom. The molecule has 8 heteroatoms. The second kappa shape index (κ2) is 6.57. The van der Waals surface area contributed by atoms with E-state index in [0.717, 1.165) is 0 Å². The number of hydrogen-bond acceptors (Lipinski definition) is 5. The SMILES string of the molecule is CCOC(=O)NS(=O)(=O)NCCNC. The van der Waals surface area contributed by atoms with E-state index in [9.17, 15) is 13.2 Å². The fourth-order valence-corrected chi connectivity index (χ4v) is 1.34. The molecule has 0 heterocycles.